The third-order valence-electron chi connectivity index (χ3n) is 4.26. The molecule has 0 spiro atoms. The van der Waals surface area contributed by atoms with Crippen molar-refractivity contribution in [2.45, 2.75) is 51.3 Å². The number of carbonyl (C=O) groups is 1. The lowest BCUT2D eigenvalue weighted by molar-refractivity contribution is -0.123. The quantitative estimate of drug-likeness (QED) is 0.823. The van der Waals surface area contributed by atoms with Crippen molar-refractivity contribution in [2.24, 2.45) is 0 Å². The Labute approximate surface area is 139 Å². The molecule has 0 aliphatic carbocycles. The van der Waals surface area contributed by atoms with Crippen LogP contribution in [0.5, 0.6) is 0 Å². The van der Waals surface area contributed by atoms with Gasteiger partial charge in [0.2, 0.25) is 5.91 Å². The first-order chi connectivity index (χ1) is 11.5. The first-order valence-corrected chi connectivity index (χ1v) is 8.17. The van der Waals surface area contributed by atoms with Gasteiger partial charge in [-0.15, -0.1) is 0 Å². The summed E-state index contributed by atoms with van der Waals surface area (Å²) in [6.45, 7) is 2.04. The number of hydrogen-bond acceptors (Lipinski definition) is 5. The highest BCUT2D eigenvalue weighted by atomic mass is 16.4. The Bertz CT molecular complexity index is 758. The fraction of sp³-hybridized carbons (Fsp3) is 0.562. The van der Waals surface area contributed by atoms with E-state index in [1.165, 1.54) is 10.9 Å². The van der Waals surface area contributed by atoms with Crippen molar-refractivity contribution in [2.75, 3.05) is 6.54 Å². The summed E-state index contributed by atoms with van der Waals surface area (Å²) in [6.07, 6.45) is 5.27. The molecule has 0 bridgehead atoms. The van der Waals surface area contributed by atoms with E-state index < -0.39 is 5.60 Å². The predicted molar refractivity (Wildman–Crippen MR) is 85.3 cm³/mol. The number of furan rings is 1. The standard InChI is InChI=1S/C16H22N4O4/c1-16(23,12-6-5-9-24-12)11-17-14(21)10-20-15(22)19-8-4-2-3-7-13(19)18-20/h5-6,9,23H,2-4,7-8,10-11H2,1H3,(H,17,21). The molecule has 3 rings (SSSR count). The van der Waals surface area contributed by atoms with E-state index in [1.54, 1.807) is 23.6 Å². The Balaban J connectivity index is 1.62. The number of nitrogens with zero attached hydrogens (tertiary/aromatic N) is 3. The summed E-state index contributed by atoms with van der Waals surface area (Å²) in [7, 11) is 0. The van der Waals surface area contributed by atoms with E-state index in [9.17, 15) is 14.7 Å². The molecule has 1 atom stereocenters. The molecule has 2 N–H and O–H groups in total. The van der Waals surface area contributed by atoms with Crippen molar-refractivity contribution < 1.29 is 14.3 Å². The van der Waals surface area contributed by atoms with Gasteiger partial charge in [0.15, 0.2) is 0 Å². The second-order valence-electron chi connectivity index (χ2n) is 6.35. The maximum atomic E-state index is 12.3. The van der Waals surface area contributed by atoms with Crippen molar-refractivity contribution in [1.82, 2.24) is 19.7 Å². The molecule has 1 amide bonds. The molecule has 2 aromatic heterocycles. The van der Waals surface area contributed by atoms with Crippen LogP contribution in [0.4, 0.5) is 0 Å². The minimum atomic E-state index is -1.31. The van der Waals surface area contributed by atoms with Crippen LogP contribution in [0.1, 0.15) is 37.8 Å². The first kappa shape index (κ1) is 16.5. The van der Waals surface area contributed by atoms with Gasteiger partial charge < -0.3 is 14.8 Å². The molecule has 8 heteroatoms. The number of rotatable bonds is 5. The van der Waals surface area contributed by atoms with Crippen molar-refractivity contribution in [3.8, 4) is 0 Å². The minimum Gasteiger partial charge on any atom is -0.466 e. The van der Waals surface area contributed by atoms with Gasteiger partial charge in [-0.05, 0) is 31.9 Å². The number of amides is 1. The van der Waals surface area contributed by atoms with Crippen LogP contribution >= 0.6 is 0 Å². The van der Waals surface area contributed by atoms with Crippen LogP contribution in [-0.2, 0) is 29.9 Å². The average Bonchev–Trinajstić information content (AvgIpc) is 3.11. The van der Waals surface area contributed by atoms with E-state index in [0.29, 0.717) is 12.3 Å². The Morgan fingerprint density at radius 2 is 2.29 bits per heavy atom. The number of hydrogen-bond donors (Lipinski definition) is 2. The molecule has 2 aromatic rings. The van der Waals surface area contributed by atoms with Gasteiger partial charge in [0.25, 0.3) is 0 Å². The molecular weight excluding hydrogens is 312 g/mol. The van der Waals surface area contributed by atoms with Crippen molar-refractivity contribution in [3.63, 3.8) is 0 Å². The number of carbonyl (C=O) groups excluding carboxylic acids is 1. The fourth-order valence-electron chi connectivity index (χ4n) is 2.86. The molecule has 3 heterocycles. The molecule has 24 heavy (non-hydrogen) atoms. The summed E-state index contributed by atoms with van der Waals surface area (Å²) in [5.41, 5.74) is -1.56. The van der Waals surface area contributed by atoms with E-state index >= 15 is 0 Å². The highest BCUT2D eigenvalue weighted by molar-refractivity contribution is 5.75. The average molecular weight is 334 g/mol. The SMILES string of the molecule is CC(O)(CNC(=O)Cn1nc2n(c1=O)CCCCC2)c1ccco1. The largest absolute Gasteiger partial charge is 0.466 e. The third kappa shape index (κ3) is 3.43. The second-order valence-corrected chi connectivity index (χ2v) is 6.35. The molecule has 8 nitrogen and oxygen atoms in total. The van der Waals surface area contributed by atoms with Crippen molar-refractivity contribution in [1.29, 1.82) is 0 Å². The maximum Gasteiger partial charge on any atom is 0.346 e. The molecule has 0 saturated heterocycles. The van der Waals surface area contributed by atoms with E-state index in [0.717, 1.165) is 31.5 Å². The minimum absolute atomic E-state index is 0.0122. The number of nitrogens with one attached hydrogen (secondary N) is 1. The zero-order valence-electron chi connectivity index (χ0n) is 13.7. The number of aryl methyl sites for hydroxylation is 1. The van der Waals surface area contributed by atoms with Crippen LogP contribution in [0.25, 0.3) is 0 Å². The van der Waals surface area contributed by atoms with Crippen LogP contribution in [0.3, 0.4) is 0 Å². The van der Waals surface area contributed by atoms with Gasteiger partial charge in [-0.25, -0.2) is 9.48 Å². The van der Waals surface area contributed by atoms with Gasteiger partial charge in [0, 0.05) is 13.0 Å². The van der Waals surface area contributed by atoms with Gasteiger partial charge in [0.1, 0.15) is 23.7 Å². The number of aliphatic hydroxyl groups is 1. The fourth-order valence-corrected chi connectivity index (χ4v) is 2.86. The van der Waals surface area contributed by atoms with E-state index in [-0.39, 0.29) is 24.7 Å². The Hall–Kier alpha value is -2.35. The summed E-state index contributed by atoms with van der Waals surface area (Å²) in [5.74, 6) is 0.735. The van der Waals surface area contributed by atoms with Gasteiger partial charge in [-0.3, -0.25) is 9.36 Å². The molecule has 0 fully saturated rings. The van der Waals surface area contributed by atoms with Crippen LogP contribution in [0.2, 0.25) is 0 Å². The summed E-state index contributed by atoms with van der Waals surface area (Å²) in [4.78, 5) is 24.4. The molecular formula is C16H22N4O4. The summed E-state index contributed by atoms with van der Waals surface area (Å²) >= 11 is 0. The highest BCUT2D eigenvalue weighted by Gasteiger charge is 2.27. The zero-order chi connectivity index (χ0) is 17.2. The predicted octanol–water partition coefficient (Wildman–Crippen LogP) is 0.388. The van der Waals surface area contributed by atoms with Gasteiger partial charge in [0.05, 0.1) is 12.8 Å². The summed E-state index contributed by atoms with van der Waals surface area (Å²) < 4.78 is 8.01. The van der Waals surface area contributed by atoms with Crippen LogP contribution in [0.15, 0.2) is 27.6 Å². The lowest BCUT2D eigenvalue weighted by Gasteiger charge is -2.21. The molecule has 0 aromatic carbocycles. The lowest BCUT2D eigenvalue weighted by Crippen LogP contribution is -2.41. The van der Waals surface area contributed by atoms with Gasteiger partial charge in [-0.1, -0.05) is 6.42 Å². The van der Waals surface area contributed by atoms with Crippen molar-refractivity contribution in [3.05, 3.63) is 40.5 Å². The molecule has 130 valence electrons. The van der Waals surface area contributed by atoms with Gasteiger partial charge in [-0.2, -0.15) is 5.10 Å². The van der Waals surface area contributed by atoms with Crippen molar-refractivity contribution >= 4 is 5.91 Å². The maximum absolute atomic E-state index is 12.3. The second kappa shape index (κ2) is 6.64. The Morgan fingerprint density at radius 1 is 1.46 bits per heavy atom. The Kier molecular flexibility index (Phi) is 4.57. The topological polar surface area (TPSA) is 102 Å². The molecule has 1 aliphatic rings. The molecule has 0 saturated carbocycles. The number of aromatic nitrogens is 3. The summed E-state index contributed by atoms with van der Waals surface area (Å²) in [5, 5.41) is 17.2. The normalized spacial score (nSPS) is 16.9. The summed E-state index contributed by atoms with van der Waals surface area (Å²) in [6, 6.07) is 3.31. The first-order valence-electron chi connectivity index (χ1n) is 8.17. The molecule has 0 radical (unpaired) electrons. The Morgan fingerprint density at radius 3 is 3.04 bits per heavy atom. The monoisotopic (exact) mass is 334 g/mol. The van der Waals surface area contributed by atoms with Crippen LogP contribution in [-0.4, -0.2) is 31.9 Å². The van der Waals surface area contributed by atoms with E-state index in [1.807, 2.05) is 0 Å². The lowest BCUT2D eigenvalue weighted by atomic mass is 10.0. The van der Waals surface area contributed by atoms with Gasteiger partial charge >= 0.3 is 5.69 Å². The molecule has 1 aliphatic heterocycles. The third-order valence-corrected chi connectivity index (χ3v) is 4.26. The van der Waals surface area contributed by atoms with E-state index in [4.69, 9.17) is 4.42 Å². The molecule has 1 unspecified atom stereocenters. The smallest absolute Gasteiger partial charge is 0.346 e. The number of fused-ring (bicyclic) bond motifs is 1. The highest BCUT2D eigenvalue weighted by Crippen LogP contribution is 2.19. The van der Waals surface area contributed by atoms with Crippen LogP contribution < -0.4 is 11.0 Å². The van der Waals surface area contributed by atoms with Crippen LogP contribution in [0, 0.1) is 0 Å². The van der Waals surface area contributed by atoms with E-state index in [2.05, 4.69) is 10.4 Å². The zero-order valence-corrected chi connectivity index (χ0v) is 13.7.